The second-order valence-corrected chi connectivity index (χ2v) is 11.6. The Morgan fingerprint density at radius 3 is 2.44 bits per heavy atom. The molecule has 0 aliphatic carbocycles. The van der Waals surface area contributed by atoms with E-state index < -0.39 is 12.0 Å². The van der Waals surface area contributed by atoms with Crippen molar-refractivity contribution in [1.82, 2.24) is 29.6 Å². The van der Waals surface area contributed by atoms with Gasteiger partial charge in [-0.25, -0.2) is 9.97 Å². The maximum Gasteiger partial charge on any atom is 0.451 e. The van der Waals surface area contributed by atoms with Gasteiger partial charge in [-0.05, 0) is 83.4 Å². The van der Waals surface area contributed by atoms with Gasteiger partial charge in [0.1, 0.15) is 5.75 Å². The largest absolute Gasteiger partial charge is 0.493 e. The molecule has 0 unspecified atom stereocenters. The molecular formula is C30H43F3N6O2. The molecule has 0 spiro atoms. The van der Waals surface area contributed by atoms with Crippen LogP contribution >= 0.6 is 0 Å². The number of hydrogen-bond donors (Lipinski definition) is 0. The van der Waals surface area contributed by atoms with Crippen LogP contribution in [0.2, 0.25) is 0 Å². The zero-order chi connectivity index (χ0) is 29.7. The van der Waals surface area contributed by atoms with Crippen LogP contribution in [0, 0.1) is 13.8 Å². The molecule has 0 saturated carbocycles. The van der Waals surface area contributed by atoms with Gasteiger partial charge in [0.2, 0.25) is 5.82 Å². The second kappa shape index (κ2) is 13.5. The van der Waals surface area contributed by atoms with Gasteiger partial charge in [0, 0.05) is 63.7 Å². The third kappa shape index (κ3) is 7.75. The maximum atomic E-state index is 13.1. The summed E-state index contributed by atoms with van der Waals surface area (Å²) in [6, 6.07) is 4.76. The number of halogens is 3. The van der Waals surface area contributed by atoms with Crippen LogP contribution in [-0.2, 0) is 6.18 Å². The smallest absolute Gasteiger partial charge is 0.451 e. The fourth-order valence-electron chi connectivity index (χ4n) is 5.87. The normalized spacial score (nSPS) is 20.0. The Morgan fingerprint density at radius 2 is 1.76 bits per heavy atom. The Kier molecular flexibility index (Phi) is 10.3. The van der Waals surface area contributed by atoms with Crippen molar-refractivity contribution in [2.24, 2.45) is 0 Å². The van der Waals surface area contributed by atoms with Gasteiger partial charge >= 0.3 is 6.18 Å². The lowest BCUT2D eigenvalue weighted by molar-refractivity contribution is -0.145. The zero-order valence-corrected chi connectivity index (χ0v) is 24.9. The summed E-state index contributed by atoms with van der Waals surface area (Å²) in [6.45, 7) is 9.80. The minimum atomic E-state index is -4.63. The molecule has 2 fully saturated rings. The van der Waals surface area contributed by atoms with Gasteiger partial charge in [0.05, 0.1) is 12.2 Å². The Hall–Kier alpha value is -2.76. The summed E-state index contributed by atoms with van der Waals surface area (Å²) in [6.07, 6.45) is 1.38. The molecule has 1 aromatic carbocycles. The molecule has 11 heteroatoms. The fraction of sp³-hybridized carbons (Fsp3) is 0.633. The van der Waals surface area contributed by atoms with Gasteiger partial charge in [0.15, 0.2) is 0 Å². The summed E-state index contributed by atoms with van der Waals surface area (Å²) < 4.78 is 44.6. The fourth-order valence-corrected chi connectivity index (χ4v) is 5.87. The lowest BCUT2D eigenvalue weighted by Gasteiger charge is -2.48. The number of ether oxygens (including phenoxy) is 1. The van der Waals surface area contributed by atoms with Crippen molar-refractivity contribution in [3.63, 3.8) is 0 Å². The summed E-state index contributed by atoms with van der Waals surface area (Å²) >= 11 is 0. The summed E-state index contributed by atoms with van der Waals surface area (Å²) in [5.41, 5.74) is 3.80. The van der Waals surface area contributed by atoms with Gasteiger partial charge in [-0.2, -0.15) is 13.2 Å². The zero-order valence-electron chi connectivity index (χ0n) is 24.9. The van der Waals surface area contributed by atoms with E-state index in [9.17, 15) is 18.0 Å². The number of nitrogens with zero attached hydrogens (tertiary/aromatic N) is 6. The highest BCUT2D eigenvalue weighted by atomic mass is 19.4. The van der Waals surface area contributed by atoms with Crippen molar-refractivity contribution in [2.45, 2.75) is 57.8 Å². The van der Waals surface area contributed by atoms with Crippen LogP contribution in [0.25, 0.3) is 0 Å². The Morgan fingerprint density at radius 1 is 1.02 bits per heavy atom. The van der Waals surface area contributed by atoms with Gasteiger partial charge in [0.25, 0.3) is 5.91 Å². The van der Waals surface area contributed by atoms with Gasteiger partial charge < -0.3 is 19.4 Å². The summed E-state index contributed by atoms with van der Waals surface area (Å²) in [5, 5.41) is 0. The number of hydrogen-bond acceptors (Lipinski definition) is 7. The average molecular weight is 577 g/mol. The minimum absolute atomic E-state index is 0.0843. The quantitative estimate of drug-likeness (QED) is 0.388. The Labute approximate surface area is 241 Å². The van der Waals surface area contributed by atoms with Crippen LogP contribution in [0.5, 0.6) is 5.75 Å². The molecule has 226 valence electrons. The predicted octanol–water partition coefficient (Wildman–Crippen LogP) is 4.43. The number of piperazine rings is 1. The average Bonchev–Trinajstić information content (AvgIpc) is 2.95. The molecular weight excluding hydrogens is 533 g/mol. The molecule has 0 radical (unpaired) electrons. The van der Waals surface area contributed by atoms with Crippen LogP contribution in [0.15, 0.2) is 24.5 Å². The number of likely N-dealkylation sites (N-methyl/N-ethyl adjacent to an activating group) is 2. The van der Waals surface area contributed by atoms with Crippen molar-refractivity contribution in [3.05, 3.63) is 52.6 Å². The molecule has 41 heavy (non-hydrogen) atoms. The molecule has 1 amide bonds. The predicted molar refractivity (Wildman–Crippen MR) is 152 cm³/mol. The van der Waals surface area contributed by atoms with Crippen molar-refractivity contribution in [2.75, 3.05) is 67.0 Å². The number of benzene rings is 1. The molecule has 8 nitrogen and oxygen atoms in total. The first-order valence-corrected chi connectivity index (χ1v) is 14.5. The Balaban J connectivity index is 1.35. The second-order valence-electron chi connectivity index (χ2n) is 11.6. The van der Waals surface area contributed by atoms with Gasteiger partial charge in [-0.15, -0.1) is 0 Å². The van der Waals surface area contributed by atoms with Crippen LogP contribution in [0.3, 0.4) is 0 Å². The van der Waals surface area contributed by atoms with E-state index in [1.165, 1.54) is 16.7 Å². The van der Waals surface area contributed by atoms with E-state index in [4.69, 9.17) is 4.74 Å². The van der Waals surface area contributed by atoms with Gasteiger partial charge in [-0.1, -0.05) is 6.07 Å². The number of carbonyl (C=O) groups is 1. The van der Waals surface area contributed by atoms with Crippen LogP contribution in [0.4, 0.5) is 13.2 Å². The molecule has 0 N–H and O–H groups in total. The molecule has 3 heterocycles. The third-order valence-corrected chi connectivity index (χ3v) is 8.39. The van der Waals surface area contributed by atoms with E-state index in [-0.39, 0.29) is 23.6 Å². The monoisotopic (exact) mass is 576 g/mol. The summed E-state index contributed by atoms with van der Waals surface area (Å²) in [7, 11) is 6.32. The standard InChI is InChI=1S/C30H43F3N6O2/c1-21-22(2)27(41-17-7-12-37(5)14-13-36(3)4)11-10-25(21)26-9-6-8-24-20-38(15-16-39(24)26)28(40)23-18-34-29(35-19-23)30(31,32)33/h10-11,18-19,24,26H,6-9,12-17,20H2,1-5H3/t24-,26+/m0/s1. The summed E-state index contributed by atoms with van der Waals surface area (Å²) in [4.78, 5) is 28.5. The molecule has 1 aromatic heterocycles. The number of rotatable bonds is 10. The molecule has 4 rings (SSSR count). The number of carbonyl (C=O) groups excluding carboxylic acids is 1. The molecule has 0 bridgehead atoms. The molecule has 2 aliphatic heterocycles. The first-order chi connectivity index (χ1) is 19.5. The van der Waals surface area contributed by atoms with E-state index in [2.05, 4.69) is 71.8 Å². The SMILES string of the molecule is Cc1c(OCCCN(C)CCN(C)C)ccc([C@H]2CCC[C@H]3CN(C(=O)c4cnc(C(F)(F)F)nc4)CCN32)c1C. The Bertz CT molecular complexity index is 1170. The van der Waals surface area contributed by atoms with Crippen LogP contribution in [-0.4, -0.2) is 109 Å². The van der Waals surface area contributed by atoms with Crippen molar-refractivity contribution in [3.8, 4) is 5.75 Å². The van der Waals surface area contributed by atoms with E-state index in [0.29, 0.717) is 26.2 Å². The lowest BCUT2D eigenvalue weighted by Crippen LogP contribution is -2.57. The van der Waals surface area contributed by atoms with Crippen LogP contribution in [0.1, 0.15) is 64.6 Å². The van der Waals surface area contributed by atoms with Gasteiger partial charge in [-0.3, -0.25) is 9.69 Å². The highest BCUT2D eigenvalue weighted by Crippen LogP contribution is 2.39. The topological polar surface area (TPSA) is 65.0 Å². The summed E-state index contributed by atoms with van der Waals surface area (Å²) in [5.74, 6) is -0.624. The van der Waals surface area contributed by atoms with Crippen molar-refractivity contribution in [1.29, 1.82) is 0 Å². The number of aromatic nitrogens is 2. The van der Waals surface area contributed by atoms with E-state index in [1.54, 1.807) is 4.90 Å². The third-order valence-electron chi connectivity index (χ3n) is 8.39. The molecule has 2 aliphatic rings. The van der Waals surface area contributed by atoms with Crippen molar-refractivity contribution < 1.29 is 22.7 Å². The van der Waals surface area contributed by atoms with Crippen LogP contribution < -0.4 is 4.74 Å². The first kappa shape index (κ1) is 31.2. The van der Waals surface area contributed by atoms with Crippen molar-refractivity contribution >= 4 is 5.91 Å². The maximum absolute atomic E-state index is 13.1. The van der Waals surface area contributed by atoms with E-state index >= 15 is 0 Å². The molecule has 2 atom stereocenters. The minimum Gasteiger partial charge on any atom is -0.493 e. The number of fused-ring (bicyclic) bond motifs is 1. The number of amides is 1. The highest BCUT2D eigenvalue weighted by molar-refractivity contribution is 5.93. The number of piperidine rings is 1. The molecule has 2 aromatic rings. The van der Waals surface area contributed by atoms with E-state index in [0.717, 1.165) is 63.5 Å². The first-order valence-electron chi connectivity index (χ1n) is 14.5. The lowest BCUT2D eigenvalue weighted by atomic mass is 9.86. The molecule has 2 saturated heterocycles. The van der Waals surface area contributed by atoms with E-state index in [1.807, 2.05) is 0 Å². The number of alkyl halides is 3. The highest BCUT2D eigenvalue weighted by Gasteiger charge is 2.38.